The Morgan fingerprint density at radius 1 is 1.35 bits per heavy atom. The first-order valence-electron chi connectivity index (χ1n) is 6.81. The zero-order valence-electron chi connectivity index (χ0n) is 12.2. The van der Waals surface area contributed by atoms with Gasteiger partial charge in [-0.15, -0.1) is 11.6 Å². The van der Waals surface area contributed by atoms with E-state index in [0.717, 1.165) is 42.1 Å². The number of alkyl halides is 1. The topological polar surface area (TPSA) is 36.3 Å². The summed E-state index contributed by atoms with van der Waals surface area (Å²) in [5.74, 6) is 2.36. The zero-order chi connectivity index (χ0) is 14.5. The maximum atomic E-state index is 5.91. The number of benzene rings is 1. The van der Waals surface area contributed by atoms with Gasteiger partial charge in [-0.2, -0.15) is 0 Å². The minimum absolute atomic E-state index is 0.310. The van der Waals surface area contributed by atoms with Crippen LogP contribution in [0.3, 0.4) is 0 Å². The molecule has 0 radical (unpaired) electrons. The first-order valence-corrected chi connectivity index (χ1v) is 7.35. The summed E-state index contributed by atoms with van der Waals surface area (Å²) in [7, 11) is 3.39. The molecular formula is C15H21ClN2O2. The Morgan fingerprint density at radius 3 is 2.80 bits per heavy atom. The van der Waals surface area contributed by atoms with Crippen LogP contribution < -0.4 is 4.74 Å². The van der Waals surface area contributed by atoms with E-state index >= 15 is 0 Å². The summed E-state index contributed by atoms with van der Waals surface area (Å²) in [5.41, 5.74) is 1.99. The Morgan fingerprint density at radius 2 is 2.15 bits per heavy atom. The van der Waals surface area contributed by atoms with Gasteiger partial charge in [-0.05, 0) is 25.5 Å². The van der Waals surface area contributed by atoms with E-state index in [1.807, 2.05) is 12.1 Å². The number of aryl methyl sites for hydroxylation is 1. The molecule has 1 aromatic heterocycles. The van der Waals surface area contributed by atoms with E-state index in [2.05, 4.69) is 17.6 Å². The maximum Gasteiger partial charge on any atom is 0.146 e. The van der Waals surface area contributed by atoms with Crippen molar-refractivity contribution in [1.82, 2.24) is 9.55 Å². The van der Waals surface area contributed by atoms with Crippen LogP contribution in [-0.2, 0) is 11.2 Å². The van der Waals surface area contributed by atoms with Crippen LogP contribution in [0.25, 0.3) is 11.0 Å². The second-order valence-corrected chi connectivity index (χ2v) is 5.17. The Labute approximate surface area is 124 Å². The molecule has 4 nitrogen and oxygen atoms in total. The Kier molecular flexibility index (Phi) is 5.26. The van der Waals surface area contributed by atoms with Gasteiger partial charge < -0.3 is 14.0 Å². The molecule has 5 heteroatoms. The van der Waals surface area contributed by atoms with E-state index in [4.69, 9.17) is 26.1 Å². The molecule has 0 amide bonds. The fourth-order valence-electron chi connectivity index (χ4n) is 2.47. The van der Waals surface area contributed by atoms with E-state index in [0.29, 0.717) is 11.9 Å². The number of fused-ring (bicyclic) bond motifs is 1. The molecule has 1 unspecified atom stereocenters. The number of ether oxygens (including phenoxy) is 2. The Bertz CT molecular complexity index is 568. The van der Waals surface area contributed by atoms with Gasteiger partial charge in [0.1, 0.15) is 17.1 Å². The largest absolute Gasteiger partial charge is 0.494 e. The minimum atomic E-state index is 0.310. The highest BCUT2D eigenvalue weighted by atomic mass is 35.5. The fourth-order valence-corrected chi connectivity index (χ4v) is 2.64. The van der Waals surface area contributed by atoms with Gasteiger partial charge in [0, 0.05) is 32.1 Å². The number of hydrogen-bond acceptors (Lipinski definition) is 3. The molecule has 0 aliphatic heterocycles. The fraction of sp³-hybridized carbons (Fsp3) is 0.533. The number of methoxy groups -OCH3 is 2. The highest BCUT2D eigenvalue weighted by Crippen LogP contribution is 2.29. The molecule has 0 saturated carbocycles. The molecule has 2 aromatic rings. The van der Waals surface area contributed by atoms with Gasteiger partial charge in [-0.3, -0.25) is 0 Å². The van der Waals surface area contributed by atoms with Gasteiger partial charge in [0.15, 0.2) is 0 Å². The molecule has 0 saturated heterocycles. The van der Waals surface area contributed by atoms with Crippen molar-refractivity contribution in [2.45, 2.75) is 25.8 Å². The number of rotatable bonds is 7. The van der Waals surface area contributed by atoms with E-state index in [1.54, 1.807) is 14.2 Å². The first-order chi connectivity index (χ1) is 9.72. The lowest BCUT2D eigenvalue weighted by molar-refractivity contribution is 0.181. The van der Waals surface area contributed by atoms with Crippen LogP contribution in [0.15, 0.2) is 18.2 Å². The third-order valence-corrected chi connectivity index (χ3v) is 3.66. The predicted molar refractivity (Wildman–Crippen MR) is 81.9 cm³/mol. The summed E-state index contributed by atoms with van der Waals surface area (Å²) >= 11 is 5.91. The number of imidazole rings is 1. The van der Waals surface area contributed by atoms with Crippen LogP contribution in [0.5, 0.6) is 5.75 Å². The molecule has 0 spiro atoms. The highest BCUT2D eigenvalue weighted by Gasteiger charge is 2.17. The van der Waals surface area contributed by atoms with Gasteiger partial charge in [-0.1, -0.05) is 6.07 Å². The van der Waals surface area contributed by atoms with Gasteiger partial charge >= 0.3 is 0 Å². The summed E-state index contributed by atoms with van der Waals surface area (Å²) in [5, 5.41) is 0. The van der Waals surface area contributed by atoms with E-state index in [1.165, 1.54) is 0 Å². The van der Waals surface area contributed by atoms with Crippen molar-refractivity contribution < 1.29 is 9.47 Å². The van der Waals surface area contributed by atoms with Crippen LogP contribution >= 0.6 is 11.6 Å². The SMILES string of the molecule is COCCC(C)n1c(CCCl)nc2c(OC)cccc21. The normalized spacial score (nSPS) is 12.8. The molecule has 0 N–H and O–H groups in total. The van der Waals surface area contributed by atoms with Crippen molar-refractivity contribution in [2.24, 2.45) is 0 Å². The number of halogens is 1. The van der Waals surface area contributed by atoms with Crippen LogP contribution in [0, 0.1) is 0 Å². The molecule has 1 heterocycles. The molecule has 1 atom stereocenters. The molecule has 2 rings (SSSR count). The summed E-state index contributed by atoms with van der Waals surface area (Å²) in [4.78, 5) is 4.72. The van der Waals surface area contributed by atoms with Crippen LogP contribution in [0.4, 0.5) is 0 Å². The van der Waals surface area contributed by atoms with E-state index < -0.39 is 0 Å². The molecule has 0 bridgehead atoms. The molecule has 1 aromatic carbocycles. The van der Waals surface area contributed by atoms with Gasteiger partial charge in [0.25, 0.3) is 0 Å². The van der Waals surface area contributed by atoms with Crippen molar-refractivity contribution in [1.29, 1.82) is 0 Å². The molecular weight excluding hydrogens is 276 g/mol. The minimum Gasteiger partial charge on any atom is -0.494 e. The molecule has 0 fully saturated rings. The summed E-state index contributed by atoms with van der Waals surface area (Å²) < 4.78 is 12.8. The Hall–Kier alpha value is -1.26. The quantitative estimate of drug-likeness (QED) is 0.735. The standard InChI is InChI=1S/C15H21ClN2O2/c1-11(8-10-19-2)18-12-5-4-6-13(20-3)15(12)17-14(18)7-9-16/h4-6,11H,7-10H2,1-3H3. The molecule has 0 aliphatic rings. The number of nitrogens with zero attached hydrogens (tertiary/aromatic N) is 2. The van der Waals surface area contributed by atoms with Crippen molar-refractivity contribution >= 4 is 22.6 Å². The lowest BCUT2D eigenvalue weighted by Crippen LogP contribution is -2.12. The predicted octanol–water partition coefficient (Wildman–Crippen LogP) is 3.42. The van der Waals surface area contributed by atoms with Crippen LogP contribution in [-0.4, -0.2) is 36.3 Å². The van der Waals surface area contributed by atoms with Crippen molar-refractivity contribution in [2.75, 3.05) is 26.7 Å². The second kappa shape index (κ2) is 6.95. The maximum absolute atomic E-state index is 5.91. The third kappa shape index (κ3) is 2.91. The average Bonchev–Trinajstić information content (AvgIpc) is 2.83. The lowest BCUT2D eigenvalue weighted by atomic mass is 10.2. The molecule has 0 aliphatic carbocycles. The lowest BCUT2D eigenvalue weighted by Gasteiger charge is -2.17. The van der Waals surface area contributed by atoms with Crippen LogP contribution in [0.1, 0.15) is 25.2 Å². The summed E-state index contributed by atoms with van der Waals surface area (Å²) in [6.45, 7) is 2.91. The first kappa shape index (κ1) is 15.1. The average molecular weight is 297 g/mol. The van der Waals surface area contributed by atoms with Crippen molar-refractivity contribution in [3.63, 3.8) is 0 Å². The van der Waals surface area contributed by atoms with E-state index in [9.17, 15) is 0 Å². The van der Waals surface area contributed by atoms with Crippen LogP contribution in [0.2, 0.25) is 0 Å². The smallest absolute Gasteiger partial charge is 0.146 e. The molecule has 110 valence electrons. The monoisotopic (exact) mass is 296 g/mol. The van der Waals surface area contributed by atoms with Gasteiger partial charge in [0.2, 0.25) is 0 Å². The number of para-hydroxylation sites is 1. The Balaban J connectivity index is 2.51. The summed E-state index contributed by atoms with van der Waals surface area (Å²) in [6.07, 6.45) is 1.69. The highest BCUT2D eigenvalue weighted by molar-refractivity contribution is 6.17. The second-order valence-electron chi connectivity index (χ2n) is 4.80. The third-order valence-electron chi connectivity index (χ3n) is 3.47. The van der Waals surface area contributed by atoms with Crippen molar-refractivity contribution in [3.8, 4) is 5.75 Å². The van der Waals surface area contributed by atoms with E-state index in [-0.39, 0.29) is 0 Å². The zero-order valence-corrected chi connectivity index (χ0v) is 13.0. The summed E-state index contributed by atoms with van der Waals surface area (Å²) in [6, 6.07) is 6.31. The number of aromatic nitrogens is 2. The number of hydrogen-bond donors (Lipinski definition) is 0. The molecule has 20 heavy (non-hydrogen) atoms. The van der Waals surface area contributed by atoms with Gasteiger partial charge in [-0.25, -0.2) is 4.98 Å². The van der Waals surface area contributed by atoms with Crippen molar-refractivity contribution in [3.05, 3.63) is 24.0 Å². The van der Waals surface area contributed by atoms with Gasteiger partial charge in [0.05, 0.1) is 12.6 Å².